The molecule has 206 valence electrons. The van der Waals surface area contributed by atoms with E-state index in [1.807, 2.05) is 6.92 Å². The molecule has 10 heteroatoms. The van der Waals surface area contributed by atoms with Crippen molar-refractivity contribution in [3.05, 3.63) is 5.21 Å². The second kappa shape index (κ2) is 11.4. The largest absolute Gasteiger partial charge is 0.621 e. The number of rotatable bonds is 8. The van der Waals surface area contributed by atoms with Crippen molar-refractivity contribution in [2.75, 3.05) is 13.2 Å². The lowest BCUT2D eigenvalue weighted by atomic mass is 9.61. The Morgan fingerprint density at radius 3 is 2.36 bits per heavy atom. The van der Waals surface area contributed by atoms with Gasteiger partial charge in [-0.3, -0.25) is 14.1 Å². The Hall–Kier alpha value is -1.00. The molecule has 0 aromatic rings. The van der Waals surface area contributed by atoms with Gasteiger partial charge in [0.15, 0.2) is 18.1 Å². The van der Waals surface area contributed by atoms with Crippen LogP contribution < -0.4 is 4.47 Å². The molecular weight excluding hydrogens is 495 g/mol. The molecule has 4 saturated carbocycles. The lowest BCUT2D eigenvalue weighted by Gasteiger charge is -2.44. The van der Waals surface area contributed by atoms with Crippen LogP contribution in [0, 0.1) is 46.1 Å². The molecule has 8 atom stereocenters. The zero-order valence-electron chi connectivity index (χ0n) is 21.3. The average Bonchev–Trinajstić information content (AvgIpc) is 2.75. The van der Waals surface area contributed by atoms with Crippen molar-refractivity contribution in [2.24, 2.45) is 40.9 Å². The van der Waals surface area contributed by atoms with Crippen LogP contribution in [0.1, 0.15) is 84.5 Å². The number of carbonyl (C=O) groups excluding carboxylic acids is 2. The van der Waals surface area contributed by atoms with Gasteiger partial charge in [-0.15, -0.1) is 0 Å². The molecule has 6 nitrogen and oxygen atoms in total. The highest BCUT2D eigenvalue weighted by molar-refractivity contribution is 7.93. The van der Waals surface area contributed by atoms with E-state index in [0.29, 0.717) is 30.6 Å². The normalized spacial score (nSPS) is 38.1. The van der Waals surface area contributed by atoms with Crippen LogP contribution >= 0.6 is 11.9 Å². The fraction of sp³-hybridized carbons (Fsp3) is 0.923. The number of hydrogen-bond acceptors (Lipinski definition) is 6. The summed E-state index contributed by atoms with van der Waals surface area (Å²) in [7, 11) is 0. The van der Waals surface area contributed by atoms with Crippen molar-refractivity contribution in [1.82, 2.24) is 0 Å². The van der Waals surface area contributed by atoms with Crippen LogP contribution in [0.5, 0.6) is 0 Å². The van der Waals surface area contributed by atoms with Gasteiger partial charge in [0, 0.05) is 0 Å². The SMILES string of the molecule is CC1CC2CCCC(C2)C1C(=O)OCC(C[NH+]([O-])SC(F)(F)F)OC(=O)C1(C)CC2CCCC(C2)C1. The number of carbonyl (C=O) groups is 2. The van der Waals surface area contributed by atoms with Gasteiger partial charge in [0.1, 0.15) is 13.2 Å². The Morgan fingerprint density at radius 2 is 1.69 bits per heavy atom. The number of ether oxygens (including phenoxy) is 2. The summed E-state index contributed by atoms with van der Waals surface area (Å²) in [5.41, 5.74) is -5.45. The highest BCUT2D eigenvalue weighted by Crippen LogP contribution is 2.49. The molecule has 36 heavy (non-hydrogen) atoms. The third-order valence-electron chi connectivity index (χ3n) is 9.09. The van der Waals surface area contributed by atoms with Gasteiger partial charge in [0.25, 0.3) is 0 Å². The van der Waals surface area contributed by atoms with Gasteiger partial charge in [0.2, 0.25) is 0 Å². The van der Waals surface area contributed by atoms with Gasteiger partial charge in [-0.05, 0) is 75.0 Å². The number of nitrogens with one attached hydrogen (secondary N) is 1. The lowest BCUT2D eigenvalue weighted by molar-refractivity contribution is -0.703. The molecular formula is C26H40F3NO5S. The molecule has 0 saturated heterocycles. The summed E-state index contributed by atoms with van der Waals surface area (Å²) in [6.07, 6.45) is 9.78. The Labute approximate surface area is 216 Å². The molecule has 0 amide bonds. The highest BCUT2D eigenvalue weighted by Gasteiger charge is 2.47. The molecule has 0 aromatic carbocycles. The minimum Gasteiger partial charge on any atom is -0.621 e. The summed E-state index contributed by atoms with van der Waals surface area (Å²) in [5.74, 6) is 0.822. The summed E-state index contributed by atoms with van der Waals surface area (Å²) in [4.78, 5) is 26.3. The quantitative estimate of drug-likeness (QED) is 0.266. The van der Waals surface area contributed by atoms with E-state index in [-0.39, 0.29) is 23.7 Å². The van der Waals surface area contributed by atoms with Crippen molar-refractivity contribution in [1.29, 1.82) is 0 Å². The molecule has 0 radical (unpaired) electrons. The maximum atomic E-state index is 13.3. The minimum absolute atomic E-state index is 0.172. The molecule has 4 fully saturated rings. The number of esters is 2. The Morgan fingerprint density at radius 1 is 1.06 bits per heavy atom. The monoisotopic (exact) mass is 535 g/mol. The summed E-state index contributed by atoms with van der Waals surface area (Å²) in [6, 6.07) is 0. The van der Waals surface area contributed by atoms with E-state index in [9.17, 15) is 28.0 Å². The number of alkyl halides is 3. The van der Waals surface area contributed by atoms with Crippen molar-refractivity contribution < 1.29 is 36.7 Å². The maximum Gasteiger partial charge on any atom is 0.496 e. The van der Waals surface area contributed by atoms with Crippen LogP contribution in [0.3, 0.4) is 0 Å². The Balaban J connectivity index is 1.40. The van der Waals surface area contributed by atoms with E-state index in [4.69, 9.17) is 9.47 Å². The van der Waals surface area contributed by atoms with Crippen molar-refractivity contribution in [2.45, 2.75) is 96.1 Å². The summed E-state index contributed by atoms with van der Waals surface area (Å²) in [6.45, 7) is 2.88. The second-order valence-corrected chi connectivity index (χ2v) is 13.3. The van der Waals surface area contributed by atoms with Crippen LogP contribution in [0.25, 0.3) is 0 Å². The zero-order valence-corrected chi connectivity index (χ0v) is 22.1. The van der Waals surface area contributed by atoms with E-state index >= 15 is 0 Å². The molecule has 1 N–H and O–H groups in total. The fourth-order valence-electron chi connectivity index (χ4n) is 7.79. The molecule has 4 aliphatic carbocycles. The first-order valence-electron chi connectivity index (χ1n) is 13.6. The molecule has 0 aromatic heterocycles. The lowest BCUT2D eigenvalue weighted by Crippen LogP contribution is -3.02. The van der Waals surface area contributed by atoms with Gasteiger partial charge < -0.3 is 14.7 Å². The Kier molecular flexibility index (Phi) is 8.87. The predicted octanol–water partition coefficient (Wildman–Crippen LogP) is 5.06. The molecule has 4 rings (SSSR count). The summed E-state index contributed by atoms with van der Waals surface area (Å²) in [5, 5.41) is 12.1. The van der Waals surface area contributed by atoms with Crippen molar-refractivity contribution >= 4 is 23.9 Å². The van der Waals surface area contributed by atoms with Gasteiger partial charge in [-0.2, -0.15) is 13.2 Å². The first-order chi connectivity index (χ1) is 16.9. The fourth-order valence-corrected chi connectivity index (χ4v) is 8.32. The first-order valence-corrected chi connectivity index (χ1v) is 14.4. The van der Waals surface area contributed by atoms with Gasteiger partial charge in [-0.1, -0.05) is 39.0 Å². The second-order valence-electron chi connectivity index (χ2n) is 12.2. The van der Waals surface area contributed by atoms with Crippen LogP contribution in [-0.4, -0.2) is 36.7 Å². The van der Waals surface area contributed by atoms with E-state index in [1.54, 1.807) is 0 Å². The summed E-state index contributed by atoms with van der Waals surface area (Å²) < 4.78 is 48.4. The number of hydroxylamine groups is 1. The molecule has 8 unspecified atom stereocenters. The molecule has 0 spiro atoms. The zero-order chi connectivity index (χ0) is 26.1. The molecule has 4 bridgehead atoms. The van der Waals surface area contributed by atoms with Crippen LogP contribution in [0.4, 0.5) is 13.2 Å². The minimum atomic E-state index is -4.72. The standard InChI is InChI=1S/C26H40F3NO5S/c1-16-9-17-5-4-8-20(11-17)22(16)23(31)34-15-21(14-30(33)36-26(27,28)29)35-24(32)25(2)12-18-6-3-7-19(10-18)13-25/h16-22,30H,3-15H2,1-2H3. The van der Waals surface area contributed by atoms with E-state index in [2.05, 4.69) is 6.92 Å². The Bertz CT molecular complexity index is 782. The van der Waals surface area contributed by atoms with Gasteiger partial charge >= 0.3 is 17.4 Å². The van der Waals surface area contributed by atoms with Crippen LogP contribution in [0.2, 0.25) is 0 Å². The van der Waals surface area contributed by atoms with Gasteiger partial charge in [0.05, 0.1) is 11.3 Å². The smallest absolute Gasteiger partial charge is 0.496 e. The van der Waals surface area contributed by atoms with Gasteiger partial charge in [-0.25, -0.2) is 0 Å². The van der Waals surface area contributed by atoms with E-state index in [0.717, 1.165) is 51.4 Å². The summed E-state index contributed by atoms with van der Waals surface area (Å²) >= 11 is -0.736. The predicted molar refractivity (Wildman–Crippen MR) is 129 cm³/mol. The number of hydrogen-bond donors (Lipinski definition) is 1. The molecule has 0 heterocycles. The number of quaternary nitrogens is 1. The third kappa shape index (κ3) is 7.10. The van der Waals surface area contributed by atoms with Crippen molar-refractivity contribution in [3.63, 3.8) is 0 Å². The van der Waals surface area contributed by atoms with Crippen LogP contribution in [0.15, 0.2) is 0 Å². The van der Waals surface area contributed by atoms with E-state index in [1.165, 1.54) is 6.42 Å². The third-order valence-corrected chi connectivity index (χ3v) is 9.72. The molecule has 4 aliphatic rings. The number of fused-ring (bicyclic) bond motifs is 4. The molecule has 0 aliphatic heterocycles. The van der Waals surface area contributed by atoms with Crippen molar-refractivity contribution in [3.8, 4) is 0 Å². The van der Waals surface area contributed by atoms with E-state index < -0.39 is 52.6 Å². The highest BCUT2D eigenvalue weighted by atomic mass is 32.2. The maximum absolute atomic E-state index is 13.3. The first kappa shape index (κ1) is 28.0. The topological polar surface area (TPSA) is 80.1 Å². The number of halogens is 3. The average molecular weight is 536 g/mol. The van der Waals surface area contributed by atoms with Crippen LogP contribution in [-0.2, 0) is 19.1 Å².